The largest absolute Gasteiger partial charge is 0.491 e. The van der Waals surface area contributed by atoms with Crippen molar-refractivity contribution in [2.45, 2.75) is 45.8 Å². The molecule has 0 saturated carbocycles. The number of aromatic nitrogens is 1. The molecule has 1 saturated heterocycles. The number of Topliss-reactive ketones (excluding diaryl/α,β-unsaturated/α-hetero) is 1. The molecular formula is C17H25BN2O3. The third kappa shape index (κ3) is 3.89. The number of rotatable bonds is 5. The predicted molar refractivity (Wildman–Crippen MR) is 92.2 cm³/mol. The van der Waals surface area contributed by atoms with Crippen molar-refractivity contribution < 1.29 is 14.1 Å². The van der Waals surface area contributed by atoms with Gasteiger partial charge in [0, 0.05) is 19.7 Å². The van der Waals surface area contributed by atoms with Crippen LogP contribution in [0.25, 0.3) is 6.08 Å². The summed E-state index contributed by atoms with van der Waals surface area (Å²) >= 11 is 0. The highest BCUT2D eigenvalue weighted by Gasteiger charge is 2.52. The Morgan fingerprint density at radius 2 is 1.87 bits per heavy atom. The monoisotopic (exact) mass is 316 g/mol. The summed E-state index contributed by atoms with van der Waals surface area (Å²) in [6.45, 7) is 10.3. The van der Waals surface area contributed by atoms with Crippen molar-refractivity contribution in [1.29, 1.82) is 0 Å². The molecule has 0 atom stereocenters. The Kier molecular flexibility index (Phi) is 5.09. The lowest BCUT2D eigenvalue weighted by atomic mass is 9.77. The van der Waals surface area contributed by atoms with Crippen LogP contribution in [-0.4, -0.2) is 42.7 Å². The first kappa shape index (κ1) is 17.9. The number of hydrogen-bond acceptors (Lipinski definition) is 5. The smallest absolute Gasteiger partial charge is 0.400 e. The SMILES string of the molecule is CNCC(=Cc1ccc(C(C)=O)nc1)B1OC(C)(C)C(C)(C)O1. The van der Waals surface area contributed by atoms with Gasteiger partial charge in [-0.05, 0) is 51.8 Å². The lowest BCUT2D eigenvalue weighted by molar-refractivity contribution is 0.00578. The second kappa shape index (κ2) is 6.55. The molecular weight excluding hydrogens is 291 g/mol. The van der Waals surface area contributed by atoms with Gasteiger partial charge in [-0.1, -0.05) is 12.1 Å². The van der Waals surface area contributed by atoms with Crippen LogP contribution < -0.4 is 5.32 Å². The fraction of sp³-hybridized carbons (Fsp3) is 0.529. The van der Waals surface area contributed by atoms with E-state index in [1.54, 1.807) is 12.3 Å². The van der Waals surface area contributed by atoms with Gasteiger partial charge < -0.3 is 14.6 Å². The molecule has 124 valence electrons. The Labute approximate surface area is 138 Å². The van der Waals surface area contributed by atoms with Gasteiger partial charge in [0.1, 0.15) is 5.69 Å². The predicted octanol–water partition coefficient (Wildman–Crippen LogP) is 2.52. The third-order valence-electron chi connectivity index (χ3n) is 4.44. The van der Waals surface area contributed by atoms with Crippen LogP contribution in [0.1, 0.15) is 50.7 Å². The van der Waals surface area contributed by atoms with Crippen LogP contribution in [0.15, 0.2) is 23.8 Å². The summed E-state index contributed by atoms with van der Waals surface area (Å²) in [5.41, 5.74) is 1.62. The van der Waals surface area contributed by atoms with E-state index in [-0.39, 0.29) is 17.0 Å². The van der Waals surface area contributed by atoms with Gasteiger partial charge in [0.15, 0.2) is 5.78 Å². The Bertz CT molecular complexity index is 593. The Balaban J connectivity index is 2.26. The summed E-state index contributed by atoms with van der Waals surface area (Å²) in [7, 11) is 1.48. The van der Waals surface area contributed by atoms with Gasteiger partial charge in [0.25, 0.3) is 0 Å². The fourth-order valence-electron chi connectivity index (χ4n) is 2.31. The average molecular weight is 316 g/mol. The molecule has 1 fully saturated rings. The summed E-state index contributed by atoms with van der Waals surface area (Å²) in [6, 6.07) is 3.61. The van der Waals surface area contributed by atoms with E-state index < -0.39 is 7.12 Å². The van der Waals surface area contributed by atoms with Gasteiger partial charge in [-0.2, -0.15) is 0 Å². The summed E-state index contributed by atoms with van der Waals surface area (Å²) in [4.78, 5) is 15.5. The molecule has 0 spiro atoms. The molecule has 1 aliphatic rings. The molecule has 2 rings (SSSR count). The van der Waals surface area contributed by atoms with Gasteiger partial charge in [0.2, 0.25) is 0 Å². The molecule has 0 amide bonds. The number of nitrogens with zero attached hydrogens (tertiary/aromatic N) is 1. The van der Waals surface area contributed by atoms with Crippen molar-refractivity contribution in [1.82, 2.24) is 10.3 Å². The first-order valence-electron chi connectivity index (χ1n) is 7.84. The van der Waals surface area contributed by atoms with Gasteiger partial charge in [-0.15, -0.1) is 0 Å². The third-order valence-corrected chi connectivity index (χ3v) is 4.44. The minimum Gasteiger partial charge on any atom is -0.400 e. The van der Waals surface area contributed by atoms with E-state index in [1.165, 1.54) is 6.92 Å². The van der Waals surface area contributed by atoms with Crippen LogP contribution in [0.4, 0.5) is 0 Å². The molecule has 1 N–H and O–H groups in total. The van der Waals surface area contributed by atoms with Crippen molar-refractivity contribution in [3.63, 3.8) is 0 Å². The molecule has 5 nitrogen and oxygen atoms in total. The number of ketones is 1. The number of carbonyl (C=O) groups excluding carboxylic acids is 1. The number of pyridine rings is 1. The average Bonchev–Trinajstić information content (AvgIpc) is 2.67. The molecule has 6 heteroatoms. The number of carbonyl (C=O) groups is 1. The maximum atomic E-state index is 11.3. The molecule has 0 aromatic carbocycles. The fourth-order valence-corrected chi connectivity index (χ4v) is 2.31. The van der Waals surface area contributed by atoms with E-state index in [2.05, 4.69) is 10.3 Å². The highest BCUT2D eigenvalue weighted by atomic mass is 16.7. The molecule has 23 heavy (non-hydrogen) atoms. The molecule has 1 aromatic rings. The maximum Gasteiger partial charge on any atom is 0.491 e. The molecule has 2 heterocycles. The molecule has 0 bridgehead atoms. The highest BCUT2D eigenvalue weighted by Crippen LogP contribution is 2.38. The lowest BCUT2D eigenvalue weighted by Gasteiger charge is -2.32. The summed E-state index contributed by atoms with van der Waals surface area (Å²) < 4.78 is 12.2. The second-order valence-corrected chi connectivity index (χ2v) is 6.87. The van der Waals surface area contributed by atoms with Crippen LogP contribution in [0.5, 0.6) is 0 Å². The van der Waals surface area contributed by atoms with E-state index in [4.69, 9.17) is 9.31 Å². The van der Waals surface area contributed by atoms with E-state index in [1.807, 2.05) is 46.9 Å². The second-order valence-electron chi connectivity index (χ2n) is 6.87. The van der Waals surface area contributed by atoms with E-state index >= 15 is 0 Å². The number of hydrogen-bond donors (Lipinski definition) is 1. The zero-order valence-corrected chi connectivity index (χ0v) is 14.8. The van der Waals surface area contributed by atoms with Crippen molar-refractivity contribution in [2.75, 3.05) is 13.6 Å². The molecule has 0 radical (unpaired) electrons. The Hall–Kier alpha value is -1.50. The number of likely N-dealkylation sites (N-methyl/N-ethyl adjacent to an activating group) is 1. The molecule has 1 aromatic heterocycles. The quantitative estimate of drug-likeness (QED) is 0.668. The van der Waals surface area contributed by atoms with E-state index in [0.717, 1.165) is 11.0 Å². The van der Waals surface area contributed by atoms with Gasteiger partial charge in [-0.3, -0.25) is 9.78 Å². The van der Waals surface area contributed by atoms with Crippen molar-refractivity contribution in [3.8, 4) is 0 Å². The maximum absolute atomic E-state index is 11.3. The van der Waals surface area contributed by atoms with E-state index in [9.17, 15) is 4.79 Å². The normalized spacial score (nSPS) is 19.9. The Morgan fingerprint density at radius 3 is 2.30 bits per heavy atom. The zero-order chi connectivity index (χ0) is 17.3. The zero-order valence-electron chi connectivity index (χ0n) is 14.8. The van der Waals surface area contributed by atoms with Crippen molar-refractivity contribution in [2.24, 2.45) is 0 Å². The van der Waals surface area contributed by atoms with Gasteiger partial charge in [-0.25, -0.2) is 0 Å². The summed E-state index contributed by atoms with van der Waals surface area (Å²) in [5.74, 6) is -0.0399. The van der Waals surface area contributed by atoms with Crippen LogP contribution in [0.2, 0.25) is 0 Å². The minimum absolute atomic E-state index is 0.0399. The topological polar surface area (TPSA) is 60.5 Å². The van der Waals surface area contributed by atoms with Crippen LogP contribution in [0, 0.1) is 0 Å². The summed E-state index contributed by atoms with van der Waals surface area (Å²) in [6.07, 6.45) is 3.69. The van der Waals surface area contributed by atoms with Crippen molar-refractivity contribution in [3.05, 3.63) is 35.1 Å². The van der Waals surface area contributed by atoms with Gasteiger partial charge >= 0.3 is 7.12 Å². The van der Waals surface area contributed by atoms with Gasteiger partial charge in [0.05, 0.1) is 11.2 Å². The molecule has 1 aliphatic heterocycles. The highest BCUT2D eigenvalue weighted by molar-refractivity contribution is 6.55. The van der Waals surface area contributed by atoms with E-state index in [0.29, 0.717) is 12.2 Å². The lowest BCUT2D eigenvalue weighted by Crippen LogP contribution is -2.41. The summed E-state index contributed by atoms with van der Waals surface area (Å²) in [5, 5.41) is 3.15. The van der Waals surface area contributed by atoms with Crippen LogP contribution in [-0.2, 0) is 9.31 Å². The van der Waals surface area contributed by atoms with Crippen LogP contribution >= 0.6 is 0 Å². The number of nitrogens with one attached hydrogen (secondary N) is 1. The molecule has 0 unspecified atom stereocenters. The standard InChI is InChI=1S/C17H25BN2O3/c1-12(21)15-8-7-13(10-20-15)9-14(11-19-6)18-22-16(2,3)17(4,5)23-18/h7-10,19H,11H2,1-6H3. The van der Waals surface area contributed by atoms with Crippen molar-refractivity contribution >= 4 is 19.0 Å². The Morgan fingerprint density at radius 1 is 1.26 bits per heavy atom. The first-order valence-corrected chi connectivity index (χ1v) is 7.84. The van der Waals surface area contributed by atoms with Crippen LogP contribution in [0.3, 0.4) is 0 Å². The molecule has 0 aliphatic carbocycles. The minimum atomic E-state index is -0.403. The first-order chi connectivity index (χ1) is 10.7.